The Labute approximate surface area is 102 Å². The van der Waals surface area contributed by atoms with E-state index in [1.54, 1.807) is 0 Å². The van der Waals surface area contributed by atoms with E-state index < -0.39 is 0 Å². The van der Waals surface area contributed by atoms with Gasteiger partial charge in [-0.3, -0.25) is 0 Å². The van der Waals surface area contributed by atoms with E-state index in [-0.39, 0.29) is 5.54 Å². The van der Waals surface area contributed by atoms with E-state index in [9.17, 15) is 0 Å². The predicted octanol–water partition coefficient (Wildman–Crippen LogP) is 3.54. The normalized spacial score (nSPS) is 36.9. The molecule has 0 unspecified atom stereocenters. The molecule has 2 heterocycles. The number of nitrogens with one attached hydrogen (secondary N) is 1. The number of hydrogen-bond acceptors (Lipinski definition) is 2. The Balaban J connectivity index is 2.16. The molecule has 2 heteroatoms. The monoisotopic (exact) mass is 233 g/mol. The summed E-state index contributed by atoms with van der Waals surface area (Å²) in [6, 6.07) is 8.92. The lowest BCUT2D eigenvalue weighted by Crippen LogP contribution is -2.57. The Morgan fingerprint density at radius 2 is 2.19 bits per heavy atom. The smallest absolute Gasteiger partial charge is 0.0569 e. The van der Waals surface area contributed by atoms with Gasteiger partial charge in [0.2, 0.25) is 0 Å². The third-order valence-electron chi connectivity index (χ3n) is 4.45. The molecule has 0 bridgehead atoms. The minimum absolute atomic E-state index is 0.182. The zero-order valence-electron chi connectivity index (χ0n) is 10.0. The Bertz CT molecular complexity index is 417. The van der Waals surface area contributed by atoms with E-state index in [4.69, 9.17) is 0 Å². The van der Waals surface area contributed by atoms with Crippen molar-refractivity contribution in [2.45, 2.75) is 48.3 Å². The van der Waals surface area contributed by atoms with Crippen LogP contribution in [0.5, 0.6) is 0 Å². The van der Waals surface area contributed by atoms with Crippen molar-refractivity contribution < 1.29 is 0 Å². The predicted molar refractivity (Wildman–Crippen MR) is 69.9 cm³/mol. The Morgan fingerprint density at radius 3 is 3.00 bits per heavy atom. The summed E-state index contributed by atoms with van der Waals surface area (Å²) in [5.74, 6) is 0. The Hall–Kier alpha value is -0.470. The summed E-state index contributed by atoms with van der Waals surface area (Å²) < 4.78 is 0.384. The van der Waals surface area contributed by atoms with Crippen molar-refractivity contribution in [1.29, 1.82) is 0 Å². The molecule has 0 saturated carbocycles. The minimum atomic E-state index is 0.182. The lowest BCUT2D eigenvalue weighted by atomic mass is 9.73. The van der Waals surface area contributed by atoms with Gasteiger partial charge in [0.15, 0.2) is 0 Å². The maximum Gasteiger partial charge on any atom is 0.0569 e. The summed E-state index contributed by atoms with van der Waals surface area (Å²) in [6.45, 7) is 5.89. The van der Waals surface area contributed by atoms with Crippen LogP contribution >= 0.6 is 11.8 Å². The van der Waals surface area contributed by atoms with Crippen molar-refractivity contribution in [3.63, 3.8) is 0 Å². The molecule has 1 aromatic rings. The third-order valence-corrected chi connectivity index (χ3v) is 6.32. The van der Waals surface area contributed by atoms with E-state index in [0.29, 0.717) is 4.75 Å². The van der Waals surface area contributed by atoms with Crippen molar-refractivity contribution in [2.75, 3.05) is 6.54 Å². The third kappa shape index (κ3) is 1.17. The molecule has 0 radical (unpaired) electrons. The van der Waals surface area contributed by atoms with Gasteiger partial charge in [-0.25, -0.2) is 0 Å². The molecule has 2 aliphatic heterocycles. The van der Waals surface area contributed by atoms with Gasteiger partial charge in [0, 0.05) is 9.64 Å². The molecule has 2 aliphatic rings. The molecular weight excluding hydrogens is 214 g/mol. The molecule has 3 rings (SSSR count). The van der Waals surface area contributed by atoms with Crippen molar-refractivity contribution in [3.8, 4) is 0 Å². The van der Waals surface area contributed by atoms with E-state index in [1.165, 1.54) is 29.7 Å². The highest BCUT2D eigenvalue weighted by molar-refractivity contribution is 8.01. The summed E-state index contributed by atoms with van der Waals surface area (Å²) in [5, 5.41) is 3.78. The van der Waals surface area contributed by atoms with E-state index >= 15 is 0 Å². The SMILES string of the molecule is CC[C@]12CCCN[C@@]1(C)c1ccccc1S2. The first-order valence-corrected chi connectivity index (χ1v) is 7.07. The molecule has 1 fully saturated rings. The van der Waals surface area contributed by atoms with E-state index in [1.807, 2.05) is 0 Å². The van der Waals surface area contributed by atoms with Gasteiger partial charge in [0.05, 0.1) is 5.54 Å². The standard InChI is InChI=1S/C14H19NS/c1-3-14-9-6-10-15-13(14,2)11-7-4-5-8-12(11)16-14/h4-5,7-8,15H,3,6,9-10H2,1-2H3/t13-,14-/m0/s1. The van der Waals surface area contributed by atoms with Gasteiger partial charge in [-0.05, 0) is 44.4 Å². The first-order valence-electron chi connectivity index (χ1n) is 6.25. The second kappa shape index (κ2) is 3.51. The maximum absolute atomic E-state index is 3.78. The van der Waals surface area contributed by atoms with Crippen LogP contribution in [0.2, 0.25) is 0 Å². The molecule has 0 aromatic heterocycles. The van der Waals surface area contributed by atoms with Crippen LogP contribution in [-0.4, -0.2) is 11.3 Å². The summed E-state index contributed by atoms with van der Waals surface area (Å²) >= 11 is 2.10. The summed E-state index contributed by atoms with van der Waals surface area (Å²) in [4.78, 5) is 1.49. The Morgan fingerprint density at radius 1 is 1.38 bits per heavy atom. The molecular formula is C14H19NS. The number of rotatable bonds is 1. The van der Waals surface area contributed by atoms with Crippen LogP contribution in [0, 0.1) is 0 Å². The first kappa shape index (κ1) is 10.7. The van der Waals surface area contributed by atoms with Gasteiger partial charge in [0.25, 0.3) is 0 Å². The molecule has 0 spiro atoms. The molecule has 16 heavy (non-hydrogen) atoms. The van der Waals surface area contributed by atoms with Gasteiger partial charge >= 0.3 is 0 Å². The minimum Gasteiger partial charge on any atom is -0.306 e. The van der Waals surface area contributed by atoms with Crippen LogP contribution in [0.1, 0.15) is 38.7 Å². The summed E-state index contributed by atoms with van der Waals surface area (Å²) in [6.07, 6.45) is 3.90. The second-order valence-corrected chi connectivity index (χ2v) is 6.53. The molecule has 1 saturated heterocycles. The van der Waals surface area contributed by atoms with Gasteiger partial charge in [0.1, 0.15) is 0 Å². The van der Waals surface area contributed by atoms with Gasteiger partial charge in [-0.2, -0.15) is 0 Å². The molecule has 1 aromatic carbocycles. The van der Waals surface area contributed by atoms with Crippen LogP contribution in [0.4, 0.5) is 0 Å². The molecule has 1 N–H and O–H groups in total. The van der Waals surface area contributed by atoms with Gasteiger partial charge in [-0.1, -0.05) is 25.1 Å². The number of hydrogen-bond donors (Lipinski definition) is 1. The van der Waals surface area contributed by atoms with Crippen molar-refractivity contribution >= 4 is 11.8 Å². The maximum atomic E-state index is 3.78. The van der Waals surface area contributed by atoms with E-state index in [2.05, 4.69) is 55.2 Å². The fourth-order valence-corrected chi connectivity index (χ4v) is 5.13. The van der Waals surface area contributed by atoms with Crippen molar-refractivity contribution in [3.05, 3.63) is 29.8 Å². The number of piperidine rings is 1. The van der Waals surface area contributed by atoms with Crippen LogP contribution in [0.3, 0.4) is 0 Å². The van der Waals surface area contributed by atoms with Crippen LogP contribution in [-0.2, 0) is 5.54 Å². The number of fused-ring (bicyclic) bond motifs is 3. The van der Waals surface area contributed by atoms with Crippen LogP contribution < -0.4 is 5.32 Å². The quantitative estimate of drug-likeness (QED) is 0.796. The first-order chi connectivity index (χ1) is 7.72. The Kier molecular flexibility index (Phi) is 2.34. The van der Waals surface area contributed by atoms with Crippen molar-refractivity contribution in [1.82, 2.24) is 5.32 Å². The lowest BCUT2D eigenvalue weighted by molar-refractivity contribution is 0.209. The number of benzene rings is 1. The molecule has 0 amide bonds. The van der Waals surface area contributed by atoms with E-state index in [0.717, 1.165) is 6.54 Å². The average molecular weight is 233 g/mol. The average Bonchev–Trinajstić information content (AvgIpc) is 2.59. The highest BCUT2D eigenvalue weighted by Gasteiger charge is 2.55. The highest BCUT2D eigenvalue weighted by atomic mass is 32.2. The molecule has 86 valence electrons. The largest absolute Gasteiger partial charge is 0.306 e. The highest BCUT2D eigenvalue weighted by Crippen LogP contribution is 2.60. The van der Waals surface area contributed by atoms with Crippen LogP contribution in [0.15, 0.2) is 29.2 Å². The molecule has 1 nitrogen and oxygen atoms in total. The van der Waals surface area contributed by atoms with Crippen LogP contribution in [0.25, 0.3) is 0 Å². The van der Waals surface area contributed by atoms with Crippen molar-refractivity contribution in [2.24, 2.45) is 0 Å². The summed E-state index contributed by atoms with van der Waals surface area (Å²) in [7, 11) is 0. The van der Waals surface area contributed by atoms with Gasteiger partial charge in [-0.15, -0.1) is 11.8 Å². The topological polar surface area (TPSA) is 12.0 Å². The zero-order chi connectivity index (χ0) is 11.2. The lowest BCUT2D eigenvalue weighted by Gasteiger charge is -2.47. The fourth-order valence-electron chi connectivity index (χ4n) is 3.40. The molecule has 0 aliphatic carbocycles. The van der Waals surface area contributed by atoms with Gasteiger partial charge < -0.3 is 5.32 Å². The summed E-state index contributed by atoms with van der Waals surface area (Å²) in [5.41, 5.74) is 1.70. The molecule has 2 atom stereocenters. The fraction of sp³-hybridized carbons (Fsp3) is 0.571. The zero-order valence-corrected chi connectivity index (χ0v) is 10.9. The second-order valence-electron chi connectivity index (χ2n) is 5.10. The number of thioether (sulfide) groups is 1.